The lowest BCUT2D eigenvalue weighted by molar-refractivity contribution is -0.145. The monoisotopic (exact) mass is 766 g/mol. The number of carbonyl (C=O) groups is 2. The summed E-state index contributed by atoms with van der Waals surface area (Å²) in [5.41, 5.74) is 4.29. The largest absolute Gasteiger partial charge is 0.416 e. The number of hydrogen-bond acceptors (Lipinski definition) is 4. The van der Waals surface area contributed by atoms with Crippen molar-refractivity contribution in [3.8, 4) is 11.3 Å². The van der Waals surface area contributed by atoms with Gasteiger partial charge in [-0.05, 0) is 58.7 Å². The Labute approximate surface area is 310 Å². The Balaban J connectivity index is 1.29. The molecule has 52 heavy (non-hydrogen) atoms. The van der Waals surface area contributed by atoms with Crippen molar-refractivity contribution in [1.82, 2.24) is 19.7 Å². The second-order valence-corrected chi connectivity index (χ2v) is 13.6. The molecule has 1 aromatic heterocycles. The van der Waals surface area contributed by atoms with Crippen molar-refractivity contribution >= 4 is 33.8 Å². The molecule has 1 fully saturated rings. The summed E-state index contributed by atoms with van der Waals surface area (Å²) in [4.78, 5) is 39.0. The molecule has 1 aliphatic heterocycles. The number of rotatable bonds is 11. The summed E-state index contributed by atoms with van der Waals surface area (Å²) in [6.45, 7) is 3.34. The van der Waals surface area contributed by atoms with E-state index < -0.39 is 23.7 Å². The first kappa shape index (κ1) is 36.7. The van der Waals surface area contributed by atoms with Crippen LogP contribution in [0.1, 0.15) is 27.8 Å². The highest BCUT2D eigenvalue weighted by atomic mass is 79.9. The lowest BCUT2D eigenvalue weighted by Gasteiger charge is -2.39. The second-order valence-electron chi connectivity index (χ2n) is 12.7. The molecular weight excluding hydrogens is 729 g/mol. The van der Waals surface area contributed by atoms with Gasteiger partial charge >= 0.3 is 6.18 Å². The summed E-state index contributed by atoms with van der Waals surface area (Å²) in [5, 5.41) is 0. The molecule has 5 aromatic rings. The molecule has 266 valence electrons. The number of benzene rings is 4. The van der Waals surface area contributed by atoms with Crippen LogP contribution >= 0.6 is 15.9 Å². The summed E-state index contributed by atoms with van der Waals surface area (Å²) in [6, 6.07) is 35.0. The molecule has 6 rings (SSSR count). The fraction of sp³-hybridized carbons (Fsp3) is 0.214. The van der Waals surface area contributed by atoms with Crippen LogP contribution in [0.25, 0.3) is 17.3 Å². The number of amides is 2. The average molecular weight is 768 g/mol. The predicted molar refractivity (Wildman–Crippen MR) is 201 cm³/mol. The molecule has 0 spiro atoms. The second kappa shape index (κ2) is 17.0. The van der Waals surface area contributed by atoms with Gasteiger partial charge < -0.3 is 9.80 Å². The van der Waals surface area contributed by atoms with Crippen molar-refractivity contribution in [3.63, 3.8) is 0 Å². The normalized spacial score (nSPS) is 14.3. The molecule has 0 radical (unpaired) electrons. The molecule has 6 nitrogen and oxygen atoms in total. The fourth-order valence-corrected chi connectivity index (χ4v) is 6.73. The van der Waals surface area contributed by atoms with Gasteiger partial charge in [0.1, 0.15) is 6.04 Å². The van der Waals surface area contributed by atoms with E-state index in [9.17, 15) is 22.8 Å². The summed E-state index contributed by atoms with van der Waals surface area (Å²) in [7, 11) is 0. The van der Waals surface area contributed by atoms with Crippen molar-refractivity contribution in [2.45, 2.75) is 31.7 Å². The minimum absolute atomic E-state index is 0.132. The molecule has 4 aromatic carbocycles. The first-order valence-corrected chi connectivity index (χ1v) is 17.9. The molecule has 2 heterocycles. The lowest BCUT2D eigenvalue weighted by atomic mass is 10.0. The quantitative estimate of drug-likeness (QED) is 0.127. The van der Waals surface area contributed by atoms with Crippen molar-refractivity contribution in [2.75, 3.05) is 26.2 Å². The SMILES string of the molecule is O=C([C@H](Cc1ccccc1Br)N(Cc1ccc(-c2ccccn2)cc1)C(=O)/C=C/c1ccc(C(F)(F)F)cc1)N1CCN(Cc2ccccc2)CC1. The van der Waals surface area contributed by atoms with E-state index >= 15 is 0 Å². The van der Waals surface area contributed by atoms with Crippen LogP contribution in [0.2, 0.25) is 0 Å². The highest BCUT2D eigenvalue weighted by molar-refractivity contribution is 9.10. The Bertz CT molecular complexity index is 1960. The van der Waals surface area contributed by atoms with Gasteiger partial charge in [0.2, 0.25) is 11.8 Å². The van der Waals surface area contributed by atoms with E-state index in [2.05, 4.69) is 37.9 Å². The zero-order valence-corrected chi connectivity index (χ0v) is 30.0. The first-order valence-electron chi connectivity index (χ1n) is 17.1. The van der Waals surface area contributed by atoms with E-state index in [1.165, 1.54) is 29.8 Å². The Morgan fingerprint density at radius 2 is 1.46 bits per heavy atom. The van der Waals surface area contributed by atoms with Crippen molar-refractivity contribution < 1.29 is 22.8 Å². The van der Waals surface area contributed by atoms with Gasteiger partial charge in [0.05, 0.1) is 11.3 Å². The zero-order chi connectivity index (χ0) is 36.5. The molecule has 1 saturated heterocycles. The average Bonchev–Trinajstić information content (AvgIpc) is 3.17. The van der Waals surface area contributed by atoms with E-state index in [-0.39, 0.29) is 18.9 Å². The van der Waals surface area contributed by atoms with Crippen LogP contribution < -0.4 is 0 Å². The zero-order valence-electron chi connectivity index (χ0n) is 28.4. The Hall–Kier alpha value is -5.06. The van der Waals surface area contributed by atoms with E-state index in [0.717, 1.165) is 45.5 Å². The minimum atomic E-state index is -4.46. The molecular formula is C42H38BrF3N4O2. The number of nitrogens with zero attached hydrogens (tertiary/aromatic N) is 4. The molecule has 10 heteroatoms. The van der Waals surface area contributed by atoms with Gasteiger partial charge in [-0.3, -0.25) is 19.5 Å². The maximum atomic E-state index is 14.6. The Morgan fingerprint density at radius 1 is 0.788 bits per heavy atom. The molecule has 1 aliphatic rings. The highest BCUT2D eigenvalue weighted by Crippen LogP contribution is 2.29. The third kappa shape index (κ3) is 9.63. The fourth-order valence-electron chi connectivity index (χ4n) is 6.28. The summed E-state index contributed by atoms with van der Waals surface area (Å²) < 4.78 is 40.4. The number of aromatic nitrogens is 1. The molecule has 0 unspecified atom stereocenters. The van der Waals surface area contributed by atoms with Gasteiger partial charge in [-0.2, -0.15) is 13.2 Å². The molecule has 1 atom stereocenters. The van der Waals surface area contributed by atoms with Gasteiger partial charge in [0, 0.05) is 68.0 Å². The number of carbonyl (C=O) groups excluding carboxylic acids is 2. The number of halogens is 4. The number of alkyl halides is 3. The van der Waals surface area contributed by atoms with Crippen LogP contribution in [-0.2, 0) is 35.3 Å². The van der Waals surface area contributed by atoms with E-state index in [4.69, 9.17) is 0 Å². The number of piperazine rings is 1. The Morgan fingerprint density at radius 3 is 2.12 bits per heavy atom. The van der Waals surface area contributed by atoms with Gasteiger partial charge in [-0.15, -0.1) is 0 Å². The number of hydrogen-bond donors (Lipinski definition) is 0. The van der Waals surface area contributed by atoms with Crippen LogP contribution in [0.5, 0.6) is 0 Å². The van der Waals surface area contributed by atoms with Gasteiger partial charge in [0.15, 0.2) is 0 Å². The summed E-state index contributed by atoms with van der Waals surface area (Å²) in [5.74, 6) is -0.585. The molecule has 0 N–H and O–H groups in total. The van der Waals surface area contributed by atoms with Crippen LogP contribution in [0.3, 0.4) is 0 Å². The van der Waals surface area contributed by atoms with E-state index in [0.29, 0.717) is 31.7 Å². The minimum Gasteiger partial charge on any atom is -0.338 e. The predicted octanol–water partition coefficient (Wildman–Crippen LogP) is 8.53. The first-order chi connectivity index (χ1) is 25.1. The van der Waals surface area contributed by atoms with E-state index in [1.54, 1.807) is 11.1 Å². The van der Waals surface area contributed by atoms with E-state index in [1.807, 2.05) is 89.8 Å². The van der Waals surface area contributed by atoms with Gasteiger partial charge in [-0.25, -0.2) is 0 Å². The van der Waals surface area contributed by atoms with Crippen molar-refractivity contribution in [3.05, 3.63) is 166 Å². The maximum absolute atomic E-state index is 14.6. The smallest absolute Gasteiger partial charge is 0.338 e. The lowest BCUT2D eigenvalue weighted by Crippen LogP contribution is -2.56. The van der Waals surface area contributed by atoms with Crippen LogP contribution in [0.15, 0.2) is 138 Å². The third-order valence-corrected chi connectivity index (χ3v) is 9.95. The van der Waals surface area contributed by atoms with Crippen molar-refractivity contribution in [1.29, 1.82) is 0 Å². The maximum Gasteiger partial charge on any atom is 0.416 e. The molecule has 0 saturated carbocycles. The summed E-state index contributed by atoms with van der Waals surface area (Å²) in [6.07, 6.45) is 0.348. The molecule has 0 bridgehead atoms. The van der Waals surface area contributed by atoms with Crippen molar-refractivity contribution in [2.24, 2.45) is 0 Å². The molecule has 0 aliphatic carbocycles. The van der Waals surface area contributed by atoms with Gasteiger partial charge in [-0.1, -0.05) is 107 Å². The standard InChI is InChI=1S/C42H38BrF3N4O2/c43-37-11-5-4-10-35(37)28-39(41(52)49-26-24-48(25-27-49)29-32-8-2-1-3-9-32)50(30-33-13-18-34(19-14-33)38-12-6-7-23-47-38)40(51)22-17-31-15-20-36(21-16-31)42(44,45)46/h1-23,39H,24-30H2/b22-17+/t39-/m0/s1. The van der Waals surface area contributed by atoms with Gasteiger partial charge in [0.25, 0.3) is 0 Å². The topological polar surface area (TPSA) is 56.8 Å². The number of pyridine rings is 1. The third-order valence-electron chi connectivity index (χ3n) is 9.17. The summed E-state index contributed by atoms with van der Waals surface area (Å²) >= 11 is 3.64. The van der Waals surface area contributed by atoms with Crippen LogP contribution in [-0.4, -0.2) is 63.7 Å². The van der Waals surface area contributed by atoms with Crippen LogP contribution in [0.4, 0.5) is 13.2 Å². The highest BCUT2D eigenvalue weighted by Gasteiger charge is 2.35. The van der Waals surface area contributed by atoms with Crippen LogP contribution in [0, 0.1) is 0 Å². The Kier molecular flexibility index (Phi) is 12.0. The molecule has 2 amide bonds.